The number of amides is 2. The van der Waals surface area contributed by atoms with Crippen LogP contribution in [0.5, 0.6) is 5.75 Å². The Balaban J connectivity index is 1.58. The van der Waals surface area contributed by atoms with Crippen LogP contribution in [0.4, 0.5) is 15.8 Å². The fourth-order valence-electron chi connectivity index (χ4n) is 6.46. The molecule has 6 heterocycles. The molecule has 0 saturated carbocycles. The molecule has 11 nitrogen and oxygen atoms in total. The Labute approximate surface area is 261 Å². The molecular weight excluding hydrogens is 603 g/mol. The summed E-state index contributed by atoms with van der Waals surface area (Å²) in [6, 6.07) is 6.46. The molecular formula is C32H28ClFN6O5. The number of pyridine rings is 3. The molecule has 1 aromatic carbocycles. The smallest absolute Gasteiger partial charge is 0.283 e. The summed E-state index contributed by atoms with van der Waals surface area (Å²) in [5.74, 6) is -1.84. The lowest BCUT2D eigenvalue weighted by atomic mass is 9.98. The summed E-state index contributed by atoms with van der Waals surface area (Å²) in [4.78, 5) is 55.2. The number of carbonyl (C=O) groups excluding carboxylic acids is 2. The Morgan fingerprint density at radius 2 is 1.96 bits per heavy atom. The first-order valence-electron chi connectivity index (χ1n) is 14.4. The number of aromatic nitrogens is 3. The Hall–Kier alpha value is -4.81. The molecule has 3 aliphatic rings. The molecule has 3 aromatic heterocycles. The van der Waals surface area contributed by atoms with E-state index in [0.717, 1.165) is 5.56 Å². The molecule has 1 N–H and O–H groups in total. The molecule has 0 radical (unpaired) electrons. The summed E-state index contributed by atoms with van der Waals surface area (Å²) in [7, 11) is 1.53. The summed E-state index contributed by atoms with van der Waals surface area (Å²) in [5.41, 5.74) is 1.71. The van der Waals surface area contributed by atoms with Crippen molar-refractivity contribution in [3.05, 3.63) is 81.6 Å². The van der Waals surface area contributed by atoms with Gasteiger partial charge in [0.1, 0.15) is 23.3 Å². The summed E-state index contributed by atoms with van der Waals surface area (Å²) < 4.78 is 22.0. The lowest BCUT2D eigenvalue weighted by molar-refractivity contribution is -0.128. The van der Waals surface area contributed by atoms with Crippen LogP contribution < -0.4 is 15.4 Å². The number of aromatic hydroxyl groups is 1. The summed E-state index contributed by atoms with van der Waals surface area (Å²) in [6.07, 6.45) is 2.87. The van der Waals surface area contributed by atoms with Crippen molar-refractivity contribution >= 4 is 45.8 Å². The van der Waals surface area contributed by atoms with Crippen molar-refractivity contribution in [2.45, 2.75) is 18.9 Å². The molecule has 7 rings (SSSR count). The number of piperazine rings is 1. The van der Waals surface area contributed by atoms with E-state index >= 15 is 4.39 Å². The van der Waals surface area contributed by atoms with Gasteiger partial charge in [0, 0.05) is 31.7 Å². The van der Waals surface area contributed by atoms with Crippen molar-refractivity contribution in [1.82, 2.24) is 19.4 Å². The molecule has 2 amide bonds. The van der Waals surface area contributed by atoms with E-state index in [2.05, 4.69) is 11.6 Å². The number of phenolic OH excluding ortho intramolecular Hbond substituents is 1. The molecule has 13 heteroatoms. The minimum Gasteiger partial charge on any atom is -0.507 e. The van der Waals surface area contributed by atoms with Gasteiger partial charge in [-0.2, -0.15) is 0 Å². The minimum atomic E-state index is -0.782. The van der Waals surface area contributed by atoms with Crippen LogP contribution in [0.2, 0.25) is 5.02 Å². The molecule has 0 spiro atoms. The molecule has 230 valence electrons. The van der Waals surface area contributed by atoms with Crippen molar-refractivity contribution in [2.75, 3.05) is 49.7 Å². The number of nitrogens with zero attached hydrogens (tertiary/aromatic N) is 6. The third-order valence-corrected chi connectivity index (χ3v) is 9.08. The predicted octanol–water partition coefficient (Wildman–Crippen LogP) is 3.55. The van der Waals surface area contributed by atoms with Crippen LogP contribution in [0.15, 0.2) is 54.0 Å². The van der Waals surface area contributed by atoms with E-state index in [9.17, 15) is 19.5 Å². The Bertz CT molecular complexity index is 1990. The number of fused-ring (bicyclic) bond motifs is 5. The van der Waals surface area contributed by atoms with Crippen LogP contribution in [0, 0.1) is 12.7 Å². The third-order valence-electron chi connectivity index (χ3n) is 8.79. The van der Waals surface area contributed by atoms with Gasteiger partial charge in [-0.25, -0.2) is 9.37 Å². The quantitative estimate of drug-likeness (QED) is 0.340. The van der Waals surface area contributed by atoms with Crippen molar-refractivity contribution in [1.29, 1.82) is 0 Å². The standard InChI is InChI=1S/C32H28ClFN6O5/c1-4-23(42)38-10-11-39-21(13-38)31(43)37(3)29-28(39)18-12-19(33)26(24-20(34)6-5-7-22(24)41)36-30(18)40(32(29)44)27-16(2)8-9-35-25(27)17-14-45-15-17/h4-9,12,17,21,41H,1,10-11,13-15H2,2-3H3/t21-/m1/s1. The number of hydrogen-bond donors (Lipinski definition) is 1. The number of aryl methyl sites for hydroxylation is 1. The van der Waals surface area contributed by atoms with Crippen molar-refractivity contribution in [3.8, 4) is 22.7 Å². The first-order chi connectivity index (χ1) is 21.6. The summed E-state index contributed by atoms with van der Waals surface area (Å²) in [5, 5.41) is 11.1. The molecule has 0 aliphatic carbocycles. The van der Waals surface area contributed by atoms with Gasteiger partial charge < -0.3 is 24.5 Å². The van der Waals surface area contributed by atoms with Crippen LogP contribution in [0.3, 0.4) is 0 Å². The second kappa shape index (κ2) is 10.7. The van der Waals surface area contributed by atoms with E-state index < -0.39 is 17.4 Å². The maximum atomic E-state index is 15.2. The van der Waals surface area contributed by atoms with Gasteiger partial charge in [-0.1, -0.05) is 24.2 Å². The van der Waals surface area contributed by atoms with Gasteiger partial charge in [-0.05, 0) is 42.8 Å². The average molecular weight is 631 g/mol. The van der Waals surface area contributed by atoms with Crippen molar-refractivity contribution in [2.24, 2.45) is 0 Å². The number of carbonyl (C=O) groups is 2. The summed E-state index contributed by atoms with van der Waals surface area (Å²) in [6.45, 7) is 6.88. The number of hydrogen-bond acceptors (Lipinski definition) is 8. The highest BCUT2D eigenvalue weighted by molar-refractivity contribution is 6.34. The van der Waals surface area contributed by atoms with Crippen LogP contribution in [0.25, 0.3) is 28.0 Å². The fraction of sp³-hybridized carbons (Fsp3) is 0.281. The van der Waals surface area contributed by atoms with Crippen molar-refractivity contribution in [3.63, 3.8) is 0 Å². The van der Waals surface area contributed by atoms with Gasteiger partial charge >= 0.3 is 0 Å². The molecule has 0 bridgehead atoms. The molecule has 3 aliphatic heterocycles. The van der Waals surface area contributed by atoms with E-state index in [4.69, 9.17) is 21.3 Å². The predicted molar refractivity (Wildman–Crippen MR) is 167 cm³/mol. The van der Waals surface area contributed by atoms with E-state index in [-0.39, 0.29) is 70.7 Å². The number of rotatable bonds is 4. The van der Waals surface area contributed by atoms with E-state index in [1.807, 2.05) is 11.8 Å². The maximum Gasteiger partial charge on any atom is 0.283 e. The van der Waals surface area contributed by atoms with Crippen LogP contribution in [0.1, 0.15) is 17.2 Å². The first kappa shape index (κ1) is 28.9. The lowest BCUT2D eigenvalue weighted by Gasteiger charge is -2.47. The number of halogens is 2. The molecule has 2 fully saturated rings. The van der Waals surface area contributed by atoms with Gasteiger partial charge in [-0.3, -0.25) is 23.9 Å². The largest absolute Gasteiger partial charge is 0.507 e. The zero-order valence-corrected chi connectivity index (χ0v) is 25.2. The molecule has 2 saturated heterocycles. The Morgan fingerprint density at radius 1 is 1.18 bits per heavy atom. The van der Waals surface area contributed by atoms with E-state index in [1.165, 1.54) is 40.8 Å². The van der Waals surface area contributed by atoms with Gasteiger partial charge in [0.15, 0.2) is 5.65 Å². The highest BCUT2D eigenvalue weighted by Crippen LogP contribution is 2.44. The van der Waals surface area contributed by atoms with Gasteiger partial charge in [0.05, 0.1) is 59.0 Å². The number of ether oxygens (including phenoxy) is 1. The van der Waals surface area contributed by atoms with Gasteiger partial charge in [0.25, 0.3) is 11.5 Å². The molecule has 45 heavy (non-hydrogen) atoms. The van der Waals surface area contributed by atoms with Crippen LogP contribution >= 0.6 is 11.6 Å². The minimum absolute atomic E-state index is 0.0300. The van der Waals surface area contributed by atoms with E-state index in [0.29, 0.717) is 35.7 Å². The number of anilines is 2. The third kappa shape index (κ3) is 4.31. The average Bonchev–Trinajstić information content (AvgIpc) is 2.99. The number of likely N-dealkylation sites (N-methyl/N-ethyl adjacent to an activating group) is 1. The monoisotopic (exact) mass is 630 g/mol. The maximum absolute atomic E-state index is 15.2. The van der Waals surface area contributed by atoms with E-state index in [1.54, 1.807) is 23.2 Å². The zero-order valence-electron chi connectivity index (χ0n) is 24.5. The highest BCUT2D eigenvalue weighted by atomic mass is 35.5. The molecule has 4 aromatic rings. The lowest BCUT2D eigenvalue weighted by Crippen LogP contribution is -2.63. The van der Waals surface area contributed by atoms with Crippen LogP contribution in [-0.2, 0) is 14.3 Å². The first-order valence-corrected chi connectivity index (χ1v) is 14.8. The van der Waals surface area contributed by atoms with Gasteiger partial charge in [0.2, 0.25) is 5.91 Å². The van der Waals surface area contributed by atoms with Crippen LogP contribution in [-0.4, -0.2) is 82.3 Å². The highest BCUT2D eigenvalue weighted by Gasteiger charge is 2.44. The second-order valence-corrected chi connectivity index (χ2v) is 11.8. The number of phenols is 1. The zero-order chi connectivity index (χ0) is 31.7. The topological polar surface area (TPSA) is 121 Å². The van der Waals surface area contributed by atoms with Gasteiger partial charge in [-0.15, -0.1) is 0 Å². The van der Waals surface area contributed by atoms with Crippen molar-refractivity contribution < 1.29 is 23.8 Å². The Kier molecular flexibility index (Phi) is 6.86. The Morgan fingerprint density at radius 3 is 2.64 bits per heavy atom. The fourth-order valence-corrected chi connectivity index (χ4v) is 6.70. The second-order valence-electron chi connectivity index (χ2n) is 11.4. The normalized spacial score (nSPS) is 18.1. The summed E-state index contributed by atoms with van der Waals surface area (Å²) >= 11 is 6.81. The molecule has 1 atom stereocenters. The SMILES string of the molecule is C=CC(=O)N1CCN2c3c(c(=O)n(-c4c(C)ccnc4C4COC4)c4nc(-c5c(O)cccc5F)c(Cl)cc34)N(C)C(=O)[C@H]2C1. The number of benzene rings is 1. The molecule has 0 unspecified atom stereocenters.